The van der Waals surface area contributed by atoms with Gasteiger partial charge in [0.05, 0.1) is 24.4 Å². The first-order valence-corrected chi connectivity index (χ1v) is 9.93. The molecule has 5 nitrogen and oxygen atoms in total. The molecule has 6 atom stereocenters. The first-order valence-electron chi connectivity index (χ1n) is 9.93. The van der Waals surface area contributed by atoms with Crippen molar-refractivity contribution in [2.45, 2.75) is 95.5 Å². The van der Waals surface area contributed by atoms with Crippen LogP contribution in [0.5, 0.6) is 0 Å². The molecule has 144 valence electrons. The molecule has 1 heterocycles. The number of rotatable bonds is 11. The average molecular weight is 354 g/mol. The van der Waals surface area contributed by atoms with Crippen LogP contribution < -0.4 is 0 Å². The fraction of sp³-hybridized carbons (Fsp3) is 0.850. The van der Waals surface area contributed by atoms with Gasteiger partial charge >= 0.3 is 5.97 Å². The zero-order chi connectivity index (χ0) is 18.2. The second-order valence-electron chi connectivity index (χ2n) is 7.66. The SMILES string of the molecule is CCCCCC(O)C=C[C@H]1C(O)CC2O[C@H](CCCCC(=O)O)CC21. The second-order valence-corrected chi connectivity index (χ2v) is 7.66. The van der Waals surface area contributed by atoms with Gasteiger partial charge in [0.25, 0.3) is 0 Å². The molecule has 0 aromatic rings. The minimum absolute atomic E-state index is 0.0647. The molecule has 5 heteroatoms. The highest BCUT2D eigenvalue weighted by molar-refractivity contribution is 5.66. The quantitative estimate of drug-likeness (QED) is 0.391. The first-order chi connectivity index (χ1) is 12.0. The van der Waals surface area contributed by atoms with Crippen LogP contribution in [0.4, 0.5) is 0 Å². The van der Waals surface area contributed by atoms with Gasteiger partial charge in [-0.1, -0.05) is 44.8 Å². The van der Waals surface area contributed by atoms with E-state index in [0.29, 0.717) is 18.8 Å². The lowest BCUT2D eigenvalue weighted by Crippen LogP contribution is -2.19. The van der Waals surface area contributed by atoms with E-state index in [1.54, 1.807) is 0 Å². The van der Waals surface area contributed by atoms with Crippen molar-refractivity contribution in [3.8, 4) is 0 Å². The average Bonchev–Trinajstić information content (AvgIpc) is 3.06. The van der Waals surface area contributed by atoms with Crippen molar-refractivity contribution in [3.05, 3.63) is 12.2 Å². The van der Waals surface area contributed by atoms with E-state index in [2.05, 4.69) is 6.92 Å². The third-order valence-corrected chi connectivity index (χ3v) is 5.62. The van der Waals surface area contributed by atoms with Crippen molar-refractivity contribution in [1.29, 1.82) is 0 Å². The van der Waals surface area contributed by atoms with Crippen LogP contribution in [0.1, 0.15) is 71.1 Å². The number of aliphatic carboxylic acids is 1. The van der Waals surface area contributed by atoms with Crippen molar-refractivity contribution in [2.75, 3.05) is 0 Å². The maximum absolute atomic E-state index is 10.6. The lowest BCUT2D eigenvalue weighted by molar-refractivity contribution is -0.137. The van der Waals surface area contributed by atoms with Crippen LogP contribution in [-0.4, -0.2) is 45.7 Å². The topological polar surface area (TPSA) is 87.0 Å². The number of carboxylic acid groups (broad SMARTS) is 1. The lowest BCUT2D eigenvalue weighted by atomic mass is 9.89. The molecule has 25 heavy (non-hydrogen) atoms. The van der Waals surface area contributed by atoms with Gasteiger partial charge in [0, 0.05) is 18.8 Å². The second kappa shape index (κ2) is 10.3. The van der Waals surface area contributed by atoms with Crippen LogP contribution in [0.2, 0.25) is 0 Å². The van der Waals surface area contributed by atoms with E-state index in [0.717, 1.165) is 44.9 Å². The molecule has 0 radical (unpaired) electrons. The van der Waals surface area contributed by atoms with Gasteiger partial charge in [-0.3, -0.25) is 4.79 Å². The van der Waals surface area contributed by atoms with Gasteiger partial charge in [-0.15, -0.1) is 0 Å². The molecule has 0 aromatic heterocycles. The molecule has 0 bridgehead atoms. The Kier molecular flexibility index (Phi) is 8.40. The maximum atomic E-state index is 10.6. The minimum atomic E-state index is -0.741. The Bertz CT molecular complexity index is 436. The van der Waals surface area contributed by atoms with Crippen molar-refractivity contribution >= 4 is 5.97 Å². The summed E-state index contributed by atoms with van der Waals surface area (Å²) in [5.41, 5.74) is 0. The van der Waals surface area contributed by atoms with Crippen LogP contribution in [-0.2, 0) is 9.53 Å². The zero-order valence-electron chi connectivity index (χ0n) is 15.3. The number of unbranched alkanes of at least 4 members (excludes halogenated alkanes) is 3. The highest BCUT2D eigenvalue weighted by Crippen LogP contribution is 2.45. The standard InChI is InChI=1S/C20H34O5/c1-2-3-4-7-14(21)10-11-16-17-12-15(8-5-6-9-20(23)24)25-19(17)13-18(16)22/h10-11,14-19,21-22H,2-9,12-13H2,1H3,(H,23,24)/t14?,15-,16-,17?,18?,19?/m1/s1. The van der Waals surface area contributed by atoms with Crippen molar-refractivity contribution in [3.63, 3.8) is 0 Å². The summed E-state index contributed by atoms with van der Waals surface area (Å²) in [4.78, 5) is 10.6. The van der Waals surface area contributed by atoms with E-state index in [-0.39, 0.29) is 30.7 Å². The largest absolute Gasteiger partial charge is 0.481 e. The third kappa shape index (κ3) is 6.39. The highest BCUT2D eigenvalue weighted by Gasteiger charge is 2.47. The predicted molar refractivity (Wildman–Crippen MR) is 96.3 cm³/mol. The van der Waals surface area contributed by atoms with Crippen molar-refractivity contribution < 1.29 is 24.9 Å². The van der Waals surface area contributed by atoms with Gasteiger partial charge in [-0.05, 0) is 31.6 Å². The van der Waals surface area contributed by atoms with E-state index in [1.807, 2.05) is 12.2 Å². The number of hydrogen-bond acceptors (Lipinski definition) is 4. The molecule has 0 aromatic carbocycles. The Morgan fingerprint density at radius 2 is 2.04 bits per heavy atom. The highest BCUT2D eigenvalue weighted by atomic mass is 16.5. The van der Waals surface area contributed by atoms with Gasteiger partial charge in [-0.25, -0.2) is 0 Å². The van der Waals surface area contributed by atoms with Gasteiger partial charge < -0.3 is 20.1 Å². The monoisotopic (exact) mass is 354 g/mol. The van der Waals surface area contributed by atoms with E-state index in [4.69, 9.17) is 9.84 Å². The Balaban J connectivity index is 1.76. The number of carbonyl (C=O) groups is 1. The minimum Gasteiger partial charge on any atom is -0.481 e. The molecule has 1 aliphatic carbocycles. The van der Waals surface area contributed by atoms with Gasteiger partial charge in [0.15, 0.2) is 0 Å². The van der Waals surface area contributed by atoms with E-state index < -0.39 is 12.1 Å². The number of carboxylic acids is 1. The van der Waals surface area contributed by atoms with Crippen LogP contribution in [0.25, 0.3) is 0 Å². The molecule has 4 unspecified atom stereocenters. The third-order valence-electron chi connectivity index (χ3n) is 5.62. The van der Waals surface area contributed by atoms with Crippen LogP contribution in [0.15, 0.2) is 12.2 Å². The maximum Gasteiger partial charge on any atom is 0.303 e. The summed E-state index contributed by atoms with van der Waals surface area (Å²) in [6.45, 7) is 2.15. The molecule has 1 saturated carbocycles. The van der Waals surface area contributed by atoms with Gasteiger partial charge in [-0.2, -0.15) is 0 Å². The number of fused-ring (bicyclic) bond motifs is 1. The van der Waals surface area contributed by atoms with Gasteiger partial charge in [0.2, 0.25) is 0 Å². The van der Waals surface area contributed by atoms with Crippen molar-refractivity contribution in [1.82, 2.24) is 0 Å². The first kappa shape index (κ1) is 20.4. The molecule has 3 N–H and O–H groups in total. The molecule has 1 aliphatic heterocycles. The van der Waals surface area contributed by atoms with Crippen LogP contribution >= 0.6 is 0 Å². The summed E-state index contributed by atoms with van der Waals surface area (Å²) in [7, 11) is 0. The Hall–Kier alpha value is -0.910. The summed E-state index contributed by atoms with van der Waals surface area (Å²) in [5, 5.41) is 29.0. The van der Waals surface area contributed by atoms with E-state index in [1.165, 1.54) is 0 Å². The number of hydrogen-bond donors (Lipinski definition) is 3. The van der Waals surface area contributed by atoms with E-state index >= 15 is 0 Å². The van der Waals surface area contributed by atoms with E-state index in [9.17, 15) is 15.0 Å². The molecular weight excluding hydrogens is 320 g/mol. The molecule has 0 spiro atoms. The summed E-state index contributed by atoms with van der Waals surface area (Å²) >= 11 is 0. The zero-order valence-corrected chi connectivity index (χ0v) is 15.3. The molecule has 0 amide bonds. The predicted octanol–water partition coefficient (Wildman–Crippen LogP) is 3.28. The Morgan fingerprint density at radius 1 is 1.24 bits per heavy atom. The molecule has 2 aliphatic rings. The fourth-order valence-corrected chi connectivity index (χ4v) is 4.24. The van der Waals surface area contributed by atoms with Crippen molar-refractivity contribution in [2.24, 2.45) is 11.8 Å². The lowest BCUT2D eigenvalue weighted by Gasteiger charge is -2.18. The Labute approximate surface area is 151 Å². The normalized spacial score (nSPS) is 33.0. The smallest absolute Gasteiger partial charge is 0.303 e. The molecular formula is C20H34O5. The number of aliphatic hydroxyl groups is 2. The molecule has 2 rings (SSSR count). The summed E-state index contributed by atoms with van der Waals surface area (Å²) in [6.07, 6.45) is 11.7. The molecule has 2 fully saturated rings. The van der Waals surface area contributed by atoms with Crippen LogP contribution in [0, 0.1) is 11.8 Å². The fourth-order valence-electron chi connectivity index (χ4n) is 4.24. The number of ether oxygens (including phenoxy) is 1. The summed E-state index contributed by atoms with van der Waals surface area (Å²) < 4.78 is 6.08. The van der Waals surface area contributed by atoms with Crippen LogP contribution in [0.3, 0.4) is 0 Å². The molecule has 1 saturated heterocycles. The van der Waals surface area contributed by atoms with Gasteiger partial charge in [0.1, 0.15) is 0 Å². The number of aliphatic hydroxyl groups excluding tert-OH is 2. The Morgan fingerprint density at radius 3 is 2.76 bits per heavy atom. The summed E-state index contributed by atoms with van der Waals surface area (Å²) in [6, 6.07) is 0. The summed E-state index contributed by atoms with van der Waals surface area (Å²) in [5.74, 6) is -0.358.